The number of halogens is 3. The Bertz CT molecular complexity index is 351. The van der Waals surface area contributed by atoms with Crippen molar-refractivity contribution in [1.29, 1.82) is 0 Å². The molecule has 0 bridgehead atoms. The lowest BCUT2D eigenvalue weighted by atomic mass is 10.2. The Kier molecular flexibility index (Phi) is 6.17. The number of alkyl halides is 1. The smallest absolute Gasteiger partial charge is 0.251 e. The van der Waals surface area contributed by atoms with Crippen LogP contribution in [0.25, 0.3) is 0 Å². The quantitative estimate of drug-likeness (QED) is 0.647. The first-order valence-corrected chi connectivity index (χ1v) is 6.64. The van der Waals surface area contributed by atoms with E-state index in [1.165, 1.54) is 0 Å². The summed E-state index contributed by atoms with van der Waals surface area (Å²) in [4.78, 5) is 11.7. The molecule has 0 heterocycles. The van der Waals surface area contributed by atoms with Crippen molar-refractivity contribution in [2.24, 2.45) is 0 Å². The predicted octanol–water partition coefficient (Wildman–Crippen LogP) is 3.85. The van der Waals surface area contributed by atoms with Gasteiger partial charge in [-0.05, 0) is 31.0 Å². The van der Waals surface area contributed by atoms with E-state index in [2.05, 4.69) is 21.2 Å². The van der Waals surface area contributed by atoms with Crippen LogP contribution in [0, 0.1) is 0 Å². The van der Waals surface area contributed by atoms with Gasteiger partial charge < -0.3 is 5.32 Å². The van der Waals surface area contributed by atoms with Gasteiger partial charge in [0.2, 0.25) is 0 Å². The number of carbonyl (C=O) groups is 1. The highest BCUT2D eigenvalue weighted by molar-refractivity contribution is 9.10. The van der Waals surface area contributed by atoms with Gasteiger partial charge in [-0.3, -0.25) is 4.79 Å². The second kappa shape index (κ2) is 7.15. The number of hydrogen-bond donors (Lipinski definition) is 1. The van der Waals surface area contributed by atoms with E-state index in [1.54, 1.807) is 18.2 Å². The minimum atomic E-state index is -0.113. The van der Waals surface area contributed by atoms with Gasteiger partial charge in [0.1, 0.15) is 0 Å². The Balaban J connectivity index is 2.52. The number of benzene rings is 1. The molecule has 0 spiro atoms. The molecule has 0 aromatic heterocycles. The topological polar surface area (TPSA) is 29.1 Å². The second-order valence-electron chi connectivity index (χ2n) is 3.31. The van der Waals surface area contributed by atoms with Gasteiger partial charge in [-0.25, -0.2) is 0 Å². The summed E-state index contributed by atoms with van der Waals surface area (Å²) in [6.45, 7) is 0.635. The van der Waals surface area contributed by atoms with E-state index in [9.17, 15) is 4.79 Å². The van der Waals surface area contributed by atoms with Gasteiger partial charge in [0.25, 0.3) is 5.91 Å². The summed E-state index contributed by atoms with van der Waals surface area (Å²) in [5, 5.41) is 3.35. The molecule has 5 heteroatoms. The van der Waals surface area contributed by atoms with E-state index in [0.29, 0.717) is 23.0 Å². The molecule has 0 aliphatic heterocycles. The van der Waals surface area contributed by atoms with Crippen LogP contribution in [0.2, 0.25) is 5.02 Å². The first-order valence-electron chi connectivity index (χ1n) is 4.93. The number of carbonyl (C=O) groups excluding carboxylic acids is 1. The second-order valence-corrected chi connectivity index (χ2v) is 5.04. The van der Waals surface area contributed by atoms with Crippen LogP contribution in [-0.4, -0.2) is 18.3 Å². The molecule has 2 nitrogen and oxygen atoms in total. The van der Waals surface area contributed by atoms with Gasteiger partial charge >= 0.3 is 0 Å². The summed E-state index contributed by atoms with van der Waals surface area (Å²) in [6.07, 6.45) is 1.79. The molecule has 0 fully saturated rings. The molecule has 16 heavy (non-hydrogen) atoms. The van der Waals surface area contributed by atoms with Gasteiger partial charge in [0.05, 0.1) is 0 Å². The highest BCUT2D eigenvalue weighted by Crippen LogP contribution is 2.19. The zero-order chi connectivity index (χ0) is 12.0. The molecule has 1 N–H and O–H groups in total. The number of nitrogens with one attached hydrogen (secondary N) is 1. The van der Waals surface area contributed by atoms with E-state index >= 15 is 0 Å². The van der Waals surface area contributed by atoms with Crippen molar-refractivity contribution in [3.05, 3.63) is 33.3 Å². The first-order chi connectivity index (χ1) is 7.63. The van der Waals surface area contributed by atoms with E-state index in [0.717, 1.165) is 17.3 Å². The Morgan fingerprint density at radius 2 is 2.06 bits per heavy atom. The Hall–Kier alpha value is -0.250. The molecule has 1 rings (SSSR count). The molecule has 1 aromatic rings. The molecule has 0 aliphatic carbocycles. The fraction of sp³-hybridized carbons (Fsp3) is 0.364. The normalized spacial score (nSPS) is 10.2. The van der Waals surface area contributed by atoms with E-state index in [1.807, 2.05) is 0 Å². The zero-order valence-electron chi connectivity index (χ0n) is 8.60. The van der Waals surface area contributed by atoms with E-state index in [-0.39, 0.29) is 5.91 Å². The summed E-state index contributed by atoms with van der Waals surface area (Å²) >= 11 is 14.7. The average molecular weight is 325 g/mol. The standard InChI is InChI=1S/C11H12BrCl2NO/c12-9-5-8(6-10(14)7-9)11(16)15-4-2-1-3-13/h5-7H,1-4H2,(H,15,16). The SMILES string of the molecule is O=C(NCCCCCl)c1cc(Cl)cc(Br)c1. The third-order valence-corrected chi connectivity index (χ3v) is 2.91. The van der Waals surface area contributed by atoms with Gasteiger partial charge in [0.15, 0.2) is 0 Å². The number of amides is 1. The minimum absolute atomic E-state index is 0.113. The van der Waals surface area contributed by atoms with Gasteiger partial charge in [-0.15, -0.1) is 11.6 Å². The zero-order valence-corrected chi connectivity index (χ0v) is 11.7. The van der Waals surface area contributed by atoms with Crippen molar-refractivity contribution >= 4 is 45.0 Å². The van der Waals surface area contributed by atoms with Crippen molar-refractivity contribution in [2.75, 3.05) is 12.4 Å². The predicted molar refractivity (Wildman–Crippen MR) is 71.4 cm³/mol. The van der Waals surface area contributed by atoms with Crippen LogP contribution >= 0.6 is 39.1 Å². The number of hydrogen-bond acceptors (Lipinski definition) is 1. The average Bonchev–Trinajstić information content (AvgIpc) is 2.22. The van der Waals surface area contributed by atoms with Gasteiger partial charge in [-0.1, -0.05) is 27.5 Å². The van der Waals surface area contributed by atoms with Gasteiger partial charge in [-0.2, -0.15) is 0 Å². The van der Waals surface area contributed by atoms with E-state index in [4.69, 9.17) is 23.2 Å². The van der Waals surface area contributed by atoms with Crippen LogP contribution in [0.1, 0.15) is 23.2 Å². The Labute approximate surface area is 113 Å². The van der Waals surface area contributed by atoms with Crippen molar-refractivity contribution in [1.82, 2.24) is 5.32 Å². The lowest BCUT2D eigenvalue weighted by Crippen LogP contribution is -2.24. The van der Waals surface area contributed by atoms with Crippen LogP contribution in [0.15, 0.2) is 22.7 Å². The highest BCUT2D eigenvalue weighted by atomic mass is 79.9. The third-order valence-electron chi connectivity index (χ3n) is 1.97. The van der Waals surface area contributed by atoms with E-state index < -0.39 is 0 Å². The summed E-state index contributed by atoms with van der Waals surface area (Å²) in [6, 6.07) is 5.12. The van der Waals surface area contributed by atoms with Crippen molar-refractivity contribution in [3.63, 3.8) is 0 Å². The van der Waals surface area contributed by atoms with Crippen LogP contribution in [0.3, 0.4) is 0 Å². The molecule has 0 radical (unpaired) electrons. The third kappa shape index (κ3) is 4.73. The molecule has 0 unspecified atom stereocenters. The monoisotopic (exact) mass is 323 g/mol. The summed E-state index contributed by atoms with van der Waals surface area (Å²) in [5.74, 6) is 0.510. The maximum Gasteiger partial charge on any atom is 0.251 e. The van der Waals surface area contributed by atoms with Crippen molar-refractivity contribution in [3.8, 4) is 0 Å². The summed E-state index contributed by atoms with van der Waals surface area (Å²) in [7, 11) is 0. The maximum atomic E-state index is 11.7. The molecule has 88 valence electrons. The Morgan fingerprint density at radius 1 is 1.31 bits per heavy atom. The molecule has 0 saturated carbocycles. The summed E-state index contributed by atoms with van der Waals surface area (Å²) in [5.41, 5.74) is 0.560. The number of rotatable bonds is 5. The lowest BCUT2D eigenvalue weighted by Gasteiger charge is -2.05. The Morgan fingerprint density at radius 3 is 2.69 bits per heavy atom. The fourth-order valence-electron chi connectivity index (χ4n) is 1.21. The first kappa shape index (κ1) is 13.8. The van der Waals surface area contributed by atoms with Gasteiger partial charge in [0, 0.05) is 27.5 Å². The molecule has 0 saturated heterocycles. The molecule has 1 aromatic carbocycles. The molecule has 0 atom stereocenters. The van der Waals surface area contributed by atoms with Crippen molar-refractivity contribution in [2.45, 2.75) is 12.8 Å². The molecular weight excluding hydrogens is 313 g/mol. The number of unbranched alkanes of at least 4 members (excludes halogenated alkanes) is 1. The molecule has 0 aliphatic rings. The van der Waals surface area contributed by atoms with Crippen molar-refractivity contribution < 1.29 is 4.79 Å². The lowest BCUT2D eigenvalue weighted by molar-refractivity contribution is 0.0953. The maximum absolute atomic E-state index is 11.7. The highest BCUT2D eigenvalue weighted by Gasteiger charge is 2.06. The minimum Gasteiger partial charge on any atom is -0.352 e. The summed E-state index contributed by atoms with van der Waals surface area (Å²) < 4.78 is 0.797. The molecule has 1 amide bonds. The largest absolute Gasteiger partial charge is 0.352 e. The van der Waals surface area contributed by atoms with Crippen LogP contribution in [0.5, 0.6) is 0 Å². The fourth-order valence-corrected chi connectivity index (χ4v) is 2.26. The molecular formula is C11H12BrCl2NO. The van der Waals surface area contributed by atoms with Crippen LogP contribution in [-0.2, 0) is 0 Å². The van der Waals surface area contributed by atoms with Crippen LogP contribution < -0.4 is 5.32 Å². The van der Waals surface area contributed by atoms with Crippen LogP contribution in [0.4, 0.5) is 0 Å².